The topological polar surface area (TPSA) is 88.6 Å². The van der Waals surface area contributed by atoms with E-state index in [2.05, 4.69) is 5.32 Å². The molecule has 1 atom stereocenters. The van der Waals surface area contributed by atoms with Crippen molar-refractivity contribution < 1.29 is 14.1 Å². The molecule has 0 radical (unpaired) electrons. The summed E-state index contributed by atoms with van der Waals surface area (Å²) in [5.41, 5.74) is 0.522. The Kier molecular flexibility index (Phi) is 3.78. The largest absolute Gasteiger partial charge is 0.467 e. The van der Waals surface area contributed by atoms with Crippen LogP contribution in [0.4, 0.5) is 16.2 Å². The zero-order valence-corrected chi connectivity index (χ0v) is 11.8. The first-order chi connectivity index (χ1) is 10.6. The van der Waals surface area contributed by atoms with Crippen LogP contribution in [0.2, 0.25) is 0 Å². The summed E-state index contributed by atoms with van der Waals surface area (Å²) in [7, 11) is 0. The second-order valence-corrected chi connectivity index (χ2v) is 5.10. The number of hydrogen-bond donors (Lipinski definition) is 1. The predicted molar refractivity (Wildman–Crippen MR) is 79.5 cm³/mol. The Morgan fingerprint density at radius 2 is 2.09 bits per heavy atom. The molecule has 114 valence electrons. The lowest BCUT2D eigenvalue weighted by Crippen LogP contribution is -2.34. The van der Waals surface area contributed by atoms with E-state index in [1.807, 2.05) is 6.07 Å². The molecule has 1 N–H and O–H groups in total. The van der Waals surface area contributed by atoms with Gasteiger partial charge in [-0.2, -0.15) is 0 Å². The third kappa shape index (κ3) is 2.78. The minimum absolute atomic E-state index is 0.00682. The highest BCUT2D eigenvalue weighted by atomic mass is 16.6. The first-order valence-electron chi connectivity index (χ1n) is 7.00. The van der Waals surface area contributed by atoms with Crippen molar-refractivity contribution >= 4 is 17.4 Å². The maximum absolute atomic E-state index is 12.4. The van der Waals surface area contributed by atoms with Gasteiger partial charge in [-0.05, 0) is 37.1 Å². The van der Waals surface area contributed by atoms with Gasteiger partial charge >= 0.3 is 6.03 Å². The number of nitro groups is 1. The highest BCUT2D eigenvalue weighted by molar-refractivity contribution is 5.89. The predicted octanol–water partition coefficient (Wildman–Crippen LogP) is 3.56. The number of benzene rings is 1. The molecule has 0 spiro atoms. The molecule has 2 aromatic rings. The molecular weight excluding hydrogens is 286 g/mol. The number of non-ortho nitro benzene ring substituents is 1. The Balaban J connectivity index is 1.69. The van der Waals surface area contributed by atoms with Gasteiger partial charge in [-0.25, -0.2) is 4.79 Å². The Morgan fingerprint density at radius 3 is 2.73 bits per heavy atom. The molecule has 7 nitrogen and oxygen atoms in total. The molecule has 1 aliphatic rings. The van der Waals surface area contributed by atoms with Gasteiger partial charge in [-0.15, -0.1) is 0 Å². The zero-order chi connectivity index (χ0) is 15.5. The van der Waals surface area contributed by atoms with Crippen LogP contribution in [-0.4, -0.2) is 22.4 Å². The van der Waals surface area contributed by atoms with Crippen molar-refractivity contribution in [2.24, 2.45) is 0 Å². The van der Waals surface area contributed by atoms with Crippen LogP contribution in [0, 0.1) is 10.1 Å². The molecule has 1 aromatic carbocycles. The lowest BCUT2D eigenvalue weighted by Gasteiger charge is -2.23. The third-order valence-electron chi connectivity index (χ3n) is 3.71. The molecule has 1 aliphatic heterocycles. The molecular formula is C15H15N3O4. The third-order valence-corrected chi connectivity index (χ3v) is 3.71. The van der Waals surface area contributed by atoms with E-state index in [0.29, 0.717) is 12.2 Å². The summed E-state index contributed by atoms with van der Waals surface area (Å²) < 4.78 is 5.39. The zero-order valence-electron chi connectivity index (χ0n) is 11.8. The molecule has 1 saturated heterocycles. The minimum Gasteiger partial charge on any atom is -0.467 e. The Morgan fingerprint density at radius 1 is 1.32 bits per heavy atom. The van der Waals surface area contributed by atoms with E-state index < -0.39 is 4.92 Å². The van der Waals surface area contributed by atoms with Gasteiger partial charge in [-0.1, -0.05) is 0 Å². The fourth-order valence-corrected chi connectivity index (χ4v) is 2.65. The normalized spacial score (nSPS) is 17.5. The lowest BCUT2D eigenvalue weighted by molar-refractivity contribution is -0.384. The van der Waals surface area contributed by atoms with E-state index in [4.69, 9.17) is 4.42 Å². The average Bonchev–Trinajstić information content (AvgIpc) is 3.18. The number of likely N-dealkylation sites (tertiary alicyclic amines) is 1. The quantitative estimate of drug-likeness (QED) is 0.693. The number of carbonyl (C=O) groups is 1. The van der Waals surface area contributed by atoms with Gasteiger partial charge in [0.2, 0.25) is 0 Å². The van der Waals surface area contributed by atoms with Crippen molar-refractivity contribution in [1.82, 2.24) is 4.90 Å². The Hall–Kier alpha value is -2.83. The maximum Gasteiger partial charge on any atom is 0.322 e. The van der Waals surface area contributed by atoms with E-state index in [-0.39, 0.29) is 17.8 Å². The van der Waals surface area contributed by atoms with E-state index in [0.717, 1.165) is 18.6 Å². The number of anilines is 1. The second-order valence-electron chi connectivity index (χ2n) is 5.10. The van der Waals surface area contributed by atoms with Crippen LogP contribution in [0.5, 0.6) is 0 Å². The maximum atomic E-state index is 12.4. The van der Waals surface area contributed by atoms with Gasteiger partial charge in [0, 0.05) is 24.4 Å². The molecule has 1 aromatic heterocycles. The number of carbonyl (C=O) groups excluding carboxylic acids is 1. The van der Waals surface area contributed by atoms with Crippen LogP contribution in [0.3, 0.4) is 0 Å². The molecule has 3 rings (SSSR count). The number of furan rings is 1. The fourth-order valence-electron chi connectivity index (χ4n) is 2.65. The van der Waals surface area contributed by atoms with Gasteiger partial charge in [0.25, 0.3) is 5.69 Å². The number of urea groups is 1. The van der Waals surface area contributed by atoms with Gasteiger partial charge in [0.15, 0.2) is 0 Å². The number of nitrogens with zero attached hydrogens (tertiary/aromatic N) is 2. The number of hydrogen-bond acceptors (Lipinski definition) is 4. The number of nitro benzene ring substituents is 1. The van der Waals surface area contributed by atoms with E-state index in [1.165, 1.54) is 24.3 Å². The number of nitrogens with one attached hydrogen (secondary N) is 1. The second kappa shape index (κ2) is 5.88. The van der Waals surface area contributed by atoms with Crippen LogP contribution in [0.15, 0.2) is 47.1 Å². The fraction of sp³-hybridized carbons (Fsp3) is 0.267. The minimum atomic E-state index is -0.473. The van der Waals surface area contributed by atoms with Crippen LogP contribution < -0.4 is 5.32 Å². The van der Waals surface area contributed by atoms with Crippen LogP contribution >= 0.6 is 0 Å². The summed E-state index contributed by atoms with van der Waals surface area (Å²) in [6.45, 7) is 0.657. The molecule has 22 heavy (non-hydrogen) atoms. The van der Waals surface area contributed by atoms with E-state index >= 15 is 0 Å². The van der Waals surface area contributed by atoms with Gasteiger partial charge in [0.1, 0.15) is 5.76 Å². The molecule has 2 heterocycles. The van der Waals surface area contributed by atoms with E-state index in [9.17, 15) is 14.9 Å². The summed E-state index contributed by atoms with van der Waals surface area (Å²) in [5.74, 6) is 0.774. The summed E-state index contributed by atoms with van der Waals surface area (Å²) in [6.07, 6.45) is 3.38. The van der Waals surface area contributed by atoms with Crippen molar-refractivity contribution in [3.63, 3.8) is 0 Å². The molecule has 0 bridgehead atoms. The summed E-state index contributed by atoms with van der Waals surface area (Å²) in [6, 6.07) is 9.15. The van der Waals surface area contributed by atoms with E-state index in [1.54, 1.807) is 17.2 Å². The summed E-state index contributed by atoms with van der Waals surface area (Å²) in [4.78, 5) is 24.2. The van der Waals surface area contributed by atoms with Gasteiger partial charge in [0.05, 0.1) is 17.2 Å². The van der Waals surface area contributed by atoms with Crippen molar-refractivity contribution in [3.8, 4) is 0 Å². The molecule has 2 amide bonds. The number of rotatable bonds is 3. The monoisotopic (exact) mass is 301 g/mol. The summed E-state index contributed by atoms with van der Waals surface area (Å²) in [5, 5.41) is 13.4. The smallest absolute Gasteiger partial charge is 0.322 e. The van der Waals surface area contributed by atoms with Crippen molar-refractivity contribution in [2.75, 3.05) is 11.9 Å². The van der Waals surface area contributed by atoms with Crippen molar-refractivity contribution in [3.05, 3.63) is 58.5 Å². The van der Waals surface area contributed by atoms with Crippen molar-refractivity contribution in [2.45, 2.75) is 18.9 Å². The standard InChI is InChI=1S/C15H15N3O4/c19-15(16-11-5-7-12(8-6-11)18(20)21)17-9-1-3-13(17)14-4-2-10-22-14/h2,4-8,10,13H,1,3,9H2,(H,16,19)/t13-/m0/s1. The average molecular weight is 301 g/mol. The molecule has 7 heteroatoms. The lowest BCUT2D eigenvalue weighted by atomic mass is 10.2. The molecule has 0 unspecified atom stereocenters. The van der Waals surface area contributed by atoms with Crippen LogP contribution in [0.25, 0.3) is 0 Å². The van der Waals surface area contributed by atoms with Gasteiger partial charge < -0.3 is 14.6 Å². The van der Waals surface area contributed by atoms with Crippen molar-refractivity contribution in [1.29, 1.82) is 0 Å². The van der Waals surface area contributed by atoms with Crippen LogP contribution in [0.1, 0.15) is 24.6 Å². The highest BCUT2D eigenvalue weighted by Gasteiger charge is 2.31. The van der Waals surface area contributed by atoms with Gasteiger partial charge in [-0.3, -0.25) is 10.1 Å². The SMILES string of the molecule is O=C(Nc1ccc([N+](=O)[O-])cc1)N1CCC[C@H]1c1ccco1. The Bertz CT molecular complexity index is 667. The first-order valence-corrected chi connectivity index (χ1v) is 7.00. The Labute approximate surface area is 126 Å². The molecule has 0 saturated carbocycles. The number of amides is 2. The first kappa shape index (κ1) is 14.1. The molecule has 1 fully saturated rings. The molecule has 0 aliphatic carbocycles. The summed E-state index contributed by atoms with van der Waals surface area (Å²) >= 11 is 0. The van der Waals surface area contributed by atoms with Crippen LogP contribution in [-0.2, 0) is 0 Å². The highest BCUT2D eigenvalue weighted by Crippen LogP contribution is 2.32.